The topological polar surface area (TPSA) is 108 Å². The summed E-state index contributed by atoms with van der Waals surface area (Å²) in [5.41, 5.74) is 6.19. The molecule has 200 valence electrons. The molecular formula is C28H31N9O2. The molecule has 0 radical (unpaired) electrons. The molecule has 1 aliphatic heterocycles. The molecular weight excluding hydrogens is 494 g/mol. The number of pyridine rings is 1. The Balaban J connectivity index is 1.55. The Morgan fingerprint density at radius 1 is 1.08 bits per heavy atom. The summed E-state index contributed by atoms with van der Waals surface area (Å²) in [7, 11) is 3.46. The molecule has 11 nitrogen and oxygen atoms in total. The molecule has 5 aromatic rings. The number of para-hydroxylation sites is 2. The summed E-state index contributed by atoms with van der Waals surface area (Å²) >= 11 is 0. The first-order valence-corrected chi connectivity index (χ1v) is 12.9. The van der Waals surface area contributed by atoms with Gasteiger partial charge >= 0.3 is 0 Å². The van der Waals surface area contributed by atoms with Crippen LogP contribution in [-0.4, -0.2) is 74.2 Å². The van der Waals surface area contributed by atoms with Crippen LogP contribution in [-0.2, 0) is 4.74 Å². The third kappa shape index (κ3) is 4.34. The molecule has 11 heteroatoms. The van der Waals surface area contributed by atoms with E-state index in [4.69, 9.17) is 29.5 Å². The Labute approximate surface area is 226 Å². The van der Waals surface area contributed by atoms with E-state index in [1.54, 1.807) is 13.3 Å². The average molecular weight is 526 g/mol. The Morgan fingerprint density at radius 2 is 1.92 bits per heavy atom. The van der Waals surface area contributed by atoms with E-state index in [1.165, 1.54) is 0 Å². The number of nitrogens with one attached hydrogen (secondary N) is 1. The van der Waals surface area contributed by atoms with E-state index in [0.29, 0.717) is 31.0 Å². The fourth-order valence-electron chi connectivity index (χ4n) is 5.14. The number of morpholine rings is 1. The number of aryl methyl sites for hydroxylation is 1. The normalized spacial score (nSPS) is 15.6. The highest BCUT2D eigenvalue weighted by atomic mass is 16.5. The fraction of sp³-hybridized carbons (Fsp3) is 0.321. The number of hydrogen-bond donors (Lipinski definition) is 1. The molecule has 1 saturated heterocycles. The molecule has 0 amide bonds. The number of imidazole rings is 1. The van der Waals surface area contributed by atoms with Gasteiger partial charge in [0.2, 0.25) is 17.8 Å². The first-order valence-electron chi connectivity index (χ1n) is 12.9. The number of hydrogen-bond acceptors (Lipinski definition) is 9. The predicted octanol–water partition coefficient (Wildman–Crippen LogP) is 3.96. The summed E-state index contributed by atoms with van der Waals surface area (Å²) in [5.74, 6) is 2.60. The SMILES string of the molecule is CNc1nc2ccccc2n1-c1nc(-c2c(C)nn(-c3ccc(OC)nc3)c2C)cc(N2CCOC[C@H]2C)n1. The van der Waals surface area contributed by atoms with E-state index in [9.17, 15) is 0 Å². The Hall–Kier alpha value is -4.51. The van der Waals surface area contributed by atoms with Crippen molar-refractivity contribution in [3.8, 4) is 28.8 Å². The van der Waals surface area contributed by atoms with Gasteiger partial charge < -0.3 is 19.7 Å². The molecule has 1 fully saturated rings. The number of rotatable bonds is 6. The highest BCUT2D eigenvalue weighted by molar-refractivity contribution is 5.81. The minimum atomic E-state index is 0.174. The van der Waals surface area contributed by atoms with Crippen molar-refractivity contribution in [1.82, 2.24) is 34.3 Å². The molecule has 1 N–H and O–H groups in total. The lowest BCUT2D eigenvalue weighted by Crippen LogP contribution is -2.44. The van der Waals surface area contributed by atoms with Crippen LogP contribution in [0.4, 0.5) is 11.8 Å². The van der Waals surface area contributed by atoms with Gasteiger partial charge in [0.25, 0.3) is 0 Å². The van der Waals surface area contributed by atoms with Gasteiger partial charge in [-0.15, -0.1) is 0 Å². The van der Waals surface area contributed by atoms with Crippen molar-refractivity contribution in [1.29, 1.82) is 0 Å². The molecule has 1 aromatic carbocycles. The summed E-state index contributed by atoms with van der Waals surface area (Å²) in [4.78, 5) is 21.6. The van der Waals surface area contributed by atoms with E-state index in [0.717, 1.165) is 51.7 Å². The second kappa shape index (κ2) is 9.99. The lowest BCUT2D eigenvalue weighted by atomic mass is 10.1. The maximum absolute atomic E-state index is 5.71. The summed E-state index contributed by atoms with van der Waals surface area (Å²) in [6.45, 7) is 8.23. The summed E-state index contributed by atoms with van der Waals surface area (Å²) < 4.78 is 14.8. The van der Waals surface area contributed by atoms with E-state index in [1.807, 2.05) is 66.5 Å². The second-order valence-electron chi connectivity index (χ2n) is 9.55. The third-order valence-corrected chi connectivity index (χ3v) is 7.07. The summed E-state index contributed by atoms with van der Waals surface area (Å²) in [6.07, 6.45) is 1.76. The van der Waals surface area contributed by atoms with Gasteiger partial charge in [-0.1, -0.05) is 12.1 Å². The number of anilines is 2. The van der Waals surface area contributed by atoms with Crippen LogP contribution in [0.2, 0.25) is 0 Å². The van der Waals surface area contributed by atoms with Gasteiger partial charge in [-0.3, -0.25) is 0 Å². The van der Waals surface area contributed by atoms with Crippen LogP contribution in [0, 0.1) is 13.8 Å². The zero-order valence-corrected chi connectivity index (χ0v) is 22.7. The van der Waals surface area contributed by atoms with Crippen molar-refractivity contribution in [2.24, 2.45) is 0 Å². The van der Waals surface area contributed by atoms with Gasteiger partial charge in [0, 0.05) is 31.3 Å². The van der Waals surface area contributed by atoms with Crippen LogP contribution >= 0.6 is 0 Å². The maximum atomic E-state index is 5.71. The Kier molecular flexibility index (Phi) is 6.35. The second-order valence-corrected chi connectivity index (χ2v) is 9.55. The monoisotopic (exact) mass is 525 g/mol. The van der Waals surface area contributed by atoms with Gasteiger partial charge in [-0.2, -0.15) is 10.1 Å². The first kappa shape index (κ1) is 24.8. The number of aromatic nitrogens is 7. The van der Waals surface area contributed by atoms with Crippen LogP contribution in [0.5, 0.6) is 5.88 Å². The summed E-state index contributed by atoms with van der Waals surface area (Å²) in [6, 6.07) is 14.0. The third-order valence-electron chi connectivity index (χ3n) is 7.07. The lowest BCUT2D eigenvalue weighted by molar-refractivity contribution is 0.0985. The van der Waals surface area contributed by atoms with Gasteiger partial charge in [0.1, 0.15) is 5.82 Å². The Morgan fingerprint density at radius 3 is 2.67 bits per heavy atom. The minimum Gasteiger partial charge on any atom is -0.481 e. The van der Waals surface area contributed by atoms with Crippen LogP contribution in [0.1, 0.15) is 18.3 Å². The van der Waals surface area contributed by atoms with Crippen molar-refractivity contribution >= 4 is 22.8 Å². The molecule has 0 bridgehead atoms. The van der Waals surface area contributed by atoms with Crippen LogP contribution in [0.15, 0.2) is 48.7 Å². The van der Waals surface area contributed by atoms with Crippen molar-refractivity contribution < 1.29 is 9.47 Å². The van der Waals surface area contributed by atoms with Gasteiger partial charge in [-0.05, 0) is 39.0 Å². The van der Waals surface area contributed by atoms with Crippen molar-refractivity contribution in [3.63, 3.8) is 0 Å². The van der Waals surface area contributed by atoms with Crippen LogP contribution in [0.3, 0.4) is 0 Å². The molecule has 0 unspecified atom stereocenters. The van der Waals surface area contributed by atoms with Crippen LogP contribution in [0.25, 0.3) is 33.9 Å². The number of ether oxygens (including phenoxy) is 2. The molecule has 1 aliphatic rings. The average Bonchev–Trinajstić information content (AvgIpc) is 3.49. The van der Waals surface area contributed by atoms with E-state index in [-0.39, 0.29) is 6.04 Å². The van der Waals surface area contributed by atoms with Gasteiger partial charge in [0.05, 0.1) is 66.4 Å². The number of fused-ring (bicyclic) bond motifs is 1. The number of benzene rings is 1. The minimum absolute atomic E-state index is 0.174. The van der Waals surface area contributed by atoms with Gasteiger partial charge in [0.15, 0.2) is 0 Å². The Bertz CT molecular complexity index is 1640. The largest absolute Gasteiger partial charge is 0.481 e. The first-order chi connectivity index (χ1) is 19.0. The van der Waals surface area contributed by atoms with Gasteiger partial charge in [-0.25, -0.2) is 24.2 Å². The fourth-order valence-corrected chi connectivity index (χ4v) is 5.14. The number of nitrogens with zero attached hydrogens (tertiary/aromatic N) is 8. The van der Waals surface area contributed by atoms with Crippen molar-refractivity contribution in [3.05, 3.63) is 60.0 Å². The highest BCUT2D eigenvalue weighted by Gasteiger charge is 2.25. The van der Waals surface area contributed by atoms with E-state index in [2.05, 4.69) is 28.2 Å². The van der Waals surface area contributed by atoms with E-state index >= 15 is 0 Å². The van der Waals surface area contributed by atoms with Crippen molar-refractivity contribution in [2.45, 2.75) is 26.8 Å². The molecule has 5 heterocycles. The zero-order chi connectivity index (χ0) is 27.1. The highest BCUT2D eigenvalue weighted by Crippen LogP contribution is 2.32. The van der Waals surface area contributed by atoms with E-state index < -0.39 is 0 Å². The molecule has 39 heavy (non-hydrogen) atoms. The molecule has 0 aliphatic carbocycles. The predicted molar refractivity (Wildman–Crippen MR) is 150 cm³/mol. The quantitative estimate of drug-likeness (QED) is 0.352. The summed E-state index contributed by atoms with van der Waals surface area (Å²) in [5, 5.41) is 8.07. The molecule has 0 saturated carbocycles. The lowest BCUT2D eigenvalue weighted by Gasteiger charge is -2.34. The maximum Gasteiger partial charge on any atom is 0.239 e. The smallest absolute Gasteiger partial charge is 0.239 e. The molecule has 0 spiro atoms. The molecule has 6 rings (SSSR count). The number of methoxy groups -OCH3 is 1. The van der Waals surface area contributed by atoms with Crippen LogP contribution < -0.4 is 15.0 Å². The standard InChI is InChI=1S/C28H31N9O2/c1-17-16-39-13-12-35(17)24-14-22(26-18(2)34-37(19(26)3)20-10-11-25(38-5)30-15-20)32-28(33-24)36-23-9-7-6-8-21(23)31-27(36)29-4/h6-11,14-15,17H,12-13,16H2,1-5H3,(H,29,31)/t17-/m1/s1. The molecule has 1 atom stereocenters. The molecule has 4 aromatic heterocycles. The van der Waals surface area contributed by atoms with Crippen molar-refractivity contribution in [2.75, 3.05) is 44.1 Å². The zero-order valence-electron chi connectivity index (χ0n) is 22.7.